The number of ether oxygens (including phenoxy) is 2. The number of carbonyl (C=O) groups is 1. The third-order valence-corrected chi connectivity index (χ3v) is 5.80. The molecule has 160 valence electrons. The smallest absolute Gasteiger partial charge is 0.343 e. The van der Waals surface area contributed by atoms with Crippen LogP contribution in [0.4, 0.5) is 0 Å². The highest BCUT2D eigenvalue weighted by Gasteiger charge is 2.23. The molecule has 0 fully saturated rings. The van der Waals surface area contributed by atoms with Gasteiger partial charge < -0.3 is 9.47 Å². The summed E-state index contributed by atoms with van der Waals surface area (Å²) in [6.45, 7) is 4.34. The predicted molar refractivity (Wildman–Crippen MR) is 128 cm³/mol. The summed E-state index contributed by atoms with van der Waals surface area (Å²) in [7, 11) is 1.66. The molecule has 4 aromatic carbocycles. The number of methoxy groups -OCH3 is 1. The maximum Gasteiger partial charge on any atom is 0.343 e. The zero-order valence-corrected chi connectivity index (χ0v) is 18.5. The summed E-state index contributed by atoms with van der Waals surface area (Å²) in [6, 6.07) is 33.3. The molecule has 0 aliphatic rings. The lowest BCUT2D eigenvalue weighted by Gasteiger charge is -2.26. The first kappa shape index (κ1) is 21.4. The summed E-state index contributed by atoms with van der Waals surface area (Å²) in [5.74, 6) is 0.988. The van der Waals surface area contributed by atoms with Crippen LogP contribution < -0.4 is 9.47 Å². The van der Waals surface area contributed by atoms with E-state index in [9.17, 15) is 4.79 Å². The van der Waals surface area contributed by atoms with E-state index in [1.807, 2.05) is 84.9 Å². The Labute approximate surface area is 189 Å². The summed E-state index contributed by atoms with van der Waals surface area (Å²) >= 11 is 0. The highest BCUT2D eigenvalue weighted by molar-refractivity contribution is 5.92. The summed E-state index contributed by atoms with van der Waals surface area (Å²) in [5.41, 5.74) is 4.69. The van der Waals surface area contributed by atoms with Crippen molar-refractivity contribution in [3.8, 4) is 22.6 Å². The number of rotatable bonds is 6. The van der Waals surface area contributed by atoms with E-state index in [2.05, 4.69) is 26.0 Å². The Hall–Kier alpha value is -3.85. The fourth-order valence-corrected chi connectivity index (χ4v) is 3.74. The molecule has 4 aromatic rings. The molecule has 3 nitrogen and oxygen atoms in total. The van der Waals surface area contributed by atoms with E-state index in [0.29, 0.717) is 11.3 Å². The van der Waals surface area contributed by atoms with Gasteiger partial charge in [0.15, 0.2) is 0 Å². The monoisotopic (exact) mass is 422 g/mol. The largest absolute Gasteiger partial charge is 0.497 e. The van der Waals surface area contributed by atoms with Gasteiger partial charge in [-0.25, -0.2) is 4.79 Å². The van der Waals surface area contributed by atoms with Crippen molar-refractivity contribution in [3.63, 3.8) is 0 Å². The summed E-state index contributed by atoms with van der Waals surface area (Å²) in [5, 5.41) is 0. The van der Waals surface area contributed by atoms with Crippen LogP contribution in [0.2, 0.25) is 0 Å². The van der Waals surface area contributed by atoms with Gasteiger partial charge in [0.2, 0.25) is 0 Å². The average molecular weight is 423 g/mol. The summed E-state index contributed by atoms with van der Waals surface area (Å²) in [4.78, 5) is 12.7. The van der Waals surface area contributed by atoms with Crippen molar-refractivity contribution in [1.29, 1.82) is 0 Å². The minimum Gasteiger partial charge on any atom is -0.497 e. The van der Waals surface area contributed by atoms with Gasteiger partial charge in [0.05, 0.1) is 12.7 Å². The molecule has 4 rings (SSSR count). The predicted octanol–water partition coefficient (Wildman–Crippen LogP) is 6.91. The van der Waals surface area contributed by atoms with Gasteiger partial charge in [-0.15, -0.1) is 0 Å². The molecule has 0 aliphatic heterocycles. The van der Waals surface area contributed by atoms with Crippen LogP contribution in [0.3, 0.4) is 0 Å². The SMILES string of the molecule is COc1ccc(C(C)(C)c2ccc(OC(=O)c3cccc(-c4ccccc4)c3)cc2)cc1. The van der Waals surface area contributed by atoms with Crippen LogP contribution in [-0.2, 0) is 5.41 Å². The molecular formula is C29H26O3. The third-order valence-electron chi connectivity index (χ3n) is 5.80. The number of carbonyl (C=O) groups excluding carboxylic acids is 1. The molecule has 3 heteroatoms. The zero-order chi connectivity index (χ0) is 22.6. The molecule has 0 spiro atoms. The molecule has 0 aromatic heterocycles. The average Bonchev–Trinajstić information content (AvgIpc) is 2.85. The second-order valence-corrected chi connectivity index (χ2v) is 8.21. The van der Waals surface area contributed by atoms with Gasteiger partial charge in [0, 0.05) is 5.41 Å². The topological polar surface area (TPSA) is 35.5 Å². The molecule has 0 unspecified atom stereocenters. The minimum absolute atomic E-state index is 0.196. The van der Waals surface area contributed by atoms with Crippen LogP contribution in [0.25, 0.3) is 11.1 Å². The Balaban J connectivity index is 1.49. The second kappa shape index (κ2) is 9.11. The summed E-state index contributed by atoms with van der Waals surface area (Å²) < 4.78 is 10.9. The fourth-order valence-electron chi connectivity index (χ4n) is 3.74. The second-order valence-electron chi connectivity index (χ2n) is 8.21. The maximum atomic E-state index is 12.7. The van der Waals surface area contributed by atoms with Gasteiger partial charge in [0.1, 0.15) is 11.5 Å². The van der Waals surface area contributed by atoms with Gasteiger partial charge >= 0.3 is 5.97 Å². The molecule has 0 N–H and O–H groups in total. The van der Waals surface area contributed by atoms with E-state index in [1.54, 1.807) is 13.2 Å². The Morgan fingerprint density at radius 1 is 0.656 bits per heavy atom. The molecule has 0 atom stereocenters. The standard InChI is InChI=1S/C29H26O3/c1-29(2,24-12-16-26(31-3)17-13-24)25-14-18-27(19-15-25)32-28(30)23-11-7-10-22(20-23)21-8-5-4-6-9-21/h4-20H,1-3H3. The first-order chi connectivity index (χ1) is 15.5. The Morgan fingerprint density at radius 2 is 1.22 bits per heavy atom. The molecule has 32 heavy (non-hydrogen) atoms. The van der Waals surface area contributed by atoms with E-state index in [-0.39, 0.29) is 11.4 Å². The van der Waals surface area contributed by atoms with Crippen molar-refractivity contribution >= 4 is 5.97 Å². The van der Waals surface area contributed by atoms with E-state index < -0.39 is 0 Å². The summed E-state index contributed by atoms with van der Waals surface area (Å²) in [6.07, 6.45) is 0. The highest BCUT2D eigenvalue weighted by Crippen LogP contribution is 2.33. The number of hydrogen-bond acceptors (Lipinski definition) is 3. The van der Waals surface area contributed by atoms with Crippen LogP contribution >= 0.6 is 0 Å². The maximum absolute atomic E-state index is 12.7. The zero-order valence-electron chi connectivity index (χ0n) is 18.5. The van der Waals surface area contributed by atoms with E-state index in [1.165, 1.54) is 5.56 Å². The van der Waals surface area contributed by atoms with Gasteiger partial charge in [-0.05, 0) is 58.7 Å². The van der Waals surface area contributed by atoms with Crippen molar-refractivity contribution in [1.82, 2.24) is 0 Å². The molecule has 0 amide bonds. The number of benzene rings is 4. The Morgan fingerprint density at radius 3 is 1.81 bits per heavy atom. The van der Waals surface area contributed by atoms with Crippen LogP contribution in [-0.4, -0.2) is 13.1 Å². The van der Waals surface area contributed by atoms with E-state index in [4.69, 9.17) is 9.47 Å². The Bertz CT molecular complexity index is 1190. The normalized spacial score (nSPS) is 11.1. The van der Waals surface area contributed by atoms with Crippen molar-refractivity contribution in [3.05, 3.63) is 120 Å². The van der Waals surface area contributed by atoms with Crippen LogP contribution in [0.15, 0.2) is 103 Å². The number of hydrogen-bond donors (Lipinski definition) is 0. The van der Waals surface area contributed by atoms with Crippen molar-refractivity contribution in [2.75, 3.05) is 7.11 Å². The number of esters is 1. The highest BCUT2D eigenvalue weighted by atomic mass is 16.5. The minimum atomic E-state index is -0.370. The van der Waals surface area contributed by atoms with Crippen LogP contribution in [0.5, 0.6) is 11.5 Å². The first-order valence-electron chi connectivity index (χ1n) is 10.6. The van der Waals surface area contributed by atoms with Crippen molar-refractivity contribution < 1.29 is 14.3 Å². The lowest BCUT2D eigenvalue weighted by molar-refractivity contribution is 0.0735. The molecule has 0 saturated heterocycles. The fraction of sp³-hybridized carbons (Fsp3) is 0.138. The third kappa shape index (κ3) is 4.57. The Kier molecular flexibility index (Phi) is 6.09. The van der Waals surface area contributed by atoms with Gasteiger partial charge in [-0.3, -0.25) is 0 Å². The molecular weight excluding hydrogens is 396 g/mol. The van der Waals surface area contributed by atoms with Crippen LogP contribution in [0, 0.1) is 0 Å². The molecule has 0 saturated carbocycles. The lowest BCUT2D eigenvalue weighted by atomic mass is 9.78. The first-order valence-corrected chi connectivity index (χ1v) is 10.6. The van der Waals surface area contributed by atoms with Gasteiger partial charge in [-0.2, -0.15) is 0 Å². The van der Waals surface area contributed by atoms with Crippen LogP contribution in [0.1, 0.15) is 35.3 Å². The molecule has 0 heterocycles. The van der Waals surface area contributed by atoms with E-state index >= 15 is 0 Å². The molecule has 0 aliphatic carbocycles. The van der Waals surface area contributed by atoms with E-state index in [0.717, 1.165) is 22.4 Å². The molecule has 0 radical (unpaired) electrons. The molecule has 0 bridgehead atoms. The van der Waals surface area contributed by atoms with Gasteiger partial charge in [0.25, 0.3) is 0 Å². The van der Waals surface area contributed by atoms with Gasteiger partial charge in [-0.1, -0.05) is 80.6 Å². The van der Waals surface area contributed by atoms with Crippen molar-refractivity contribution in [2.45, 2.75) is 19.3 Å². The lowest BCUT2D eigenvalue weighted by Crippen LogP contribution is -2.18. The van der Waals surface area contributed by atoms with Crippen molar-refractivity contribution in [2.24, 2.45) is 0 Å². The quantitative estimate of drug-likeness (QED) is 0.250.